The largest absolute Gasteiger partial charge is 0.497 e. The van der Waals surface area contributed by atoms with Gasteiger partial charge in [-0.15, -0.1) is 0 Å². The Morgan fingerprint density at radius 2 is 1.79 bits per heavy atom. The molecule has 0 saturated heterocycles. The lowest BCUT2D eigenvalue weighted by molar-refractivity contribution is 0.102. The number of nitrogens with one attached hydrogen (secondary N) is 2. The number of fused-ring (bicyclic) bond motifs is 1. The summed E-state index contributed by atoms with van der Waals surface area (Å²) in [4.78, 5) is 17.4. The minimum absolute atomic E-state index is 0.0911. The molecule has 0 atom stereocenters. The molecule has 1 heterocycles. The van der Waals surface area contributed by atoms with Crippen LogP contribution >= 0.6 is 11.3 Å². The maximum atomic E-state index is 12.8. The summed E-state index contributed by atoms with van der Waals surface area (Å²) in [6, 6.07) is 18.4. The smallest absolute Gasteiger partial charge is 0.261 e. The Morgan fingerprint density at radius 3 is 2.48 bits per heavy atom. The van der Waals surface area contributed by atoms with Gasteiger partial charge in [-0.05, 0) is 66.1 Å². The first-order chi connectivity index (χ1) is 15.7. The van der Waals surface area contributed by atoms with Crippen molar-refractivity contribution in [1.29, 1.82) is 0 Å². The number of rotatable bonds is 7. The predicted octanol–water partition coefficient (Wildman–Crippen LogP) is 5.48. The summed E-state index contributed by atoms with van der Waals surface area (Å²) >= 11 is 1.40. The fourth-order valence-electron chi connectivity index (χ4n) is 3.22. The predicted molar refractivity (Wildman–Crippen MR) is 132 cm³/mol. The van der Waals surface area contributed by atoms with E-state index < -0.39 is 10.0 Å². The second kappa shape index (κ2) is 9.21. The fourth-order valence-corrected chi connectivity index (χ4v) is 5.17. The summed E-state index contributed by atoms with van der Waals surface area (Å²) in [6.07, 6.45) is 0. The maximum absolute atomic E-state index is 12.8. The van der Waals surface area contributed by atoms with E-state index in [1.807, 2.05) is 12.1 Å². The summed E-state index contributed by atoms with van der Waals surface area (Å²) < 4.78 is 33.9. The van der Waals surface area contributed by atoms with Crippen molar-refractivity contribution in [3.8, 4) is 5.75 Å². The van der Waals surface area contributed by atoms with Gasteiger partial charge >= 0.3 is 0 Å². The Bertz CT molecular complexity index is 1410. The second-order valence-electron chi connectivity index (χ2n) is 7.72. The van der Waals surface area contributed by atoms with Gasteiger partial charge < -0.3 is 4.74 Å². The van der Waals surface area contributed by atoms with Crippen molar-refractivity contribution >= 4 is 48.3 Å². The molecular weight excluding hydrogens is 458 g/mol. The number of hydrogen-bond acceptors (Lipinski definition) is 6. The molecule has 7 nitrogen and oxygen atoms in total. The van der Waals surface area contributed by atoms with Crippen molar-refractivity contribution in [3.63, 3.8) is 0 Å². The third-order valence-electron chi connectivity index (χ3n) is 5.05. The molecule has 2 N–H and O–H groups in total. The third-order valence-corrected chi connectivity index (χ3v) is 7.38. The molecule has 0 radical (unpaired) electrons. The number of amides is 1. The highest BCUT2D eigenvalue weighted by molar-refractivity contribution is 7.92. The average Bonchev–Trinajstić information content (AvgIpc) is 3.20. The van der Waals surface area contributed by atoms with E-state index in [-0.39, 0.29) is 16.5 Å². The van der Waals surface area contributed by atoms with Crippen LogP contribution in [0.15, 0.2) is 71.6 Å². The van der Waals surface area contributed by atoms with Crippen LogP contribution in [0.4, 0.5) is 10.8 Å². The Kier molecular flexibility index (Phi) is 6.35. The van der Waals surface area contributed by atoms with Gasteiger partial charge in [0.25, 0.3) is 15.9 Å². The van der Waals surface area contributed by atoms with E-state index >= 15 is 0 Å². The second-order valence-corrected chi connectivity index (χ2v) is 10.4. The molecule has 4 aromatic rings. The van der Waals surface area contributed by atoms with Crippen LogP contribution in [-0.4, -0.2) is 26.4 Å². The zero-order valence-electron chi connectivity index (χ0n) is 18.3. The lowest BCUT2D eigenvalue weighted by Gasteiger charge is -2.10. The summed E-state index contributed by atoms with van der Waals surface area (Å²) in [5.74, 6) is 0.588. The number of carbonyl (C=O) groups excluding carboxylic acids is 1. The van der Waals surface area contributed by atoms with Crippen LogP contribution in [0.1, 0.15) is 35.7 Å². The molecule has 4 rings (SSSR count). The molecule has 0 saturated carbocycles. The van der Waals surface area contributed by atoms with Crippen LogP contribution in [0.25, 0.3) is 10.2 Å². The molecule has 9 heteroatoms. The SMILES string of the molecule is COc1ccc(S(=O)(=O)Nc2cccc(C(=O)Nc3nc4ccc(C(C)C)cc4s3)c2)cc1. The van der Waals surface area contributed by atoms with E-state index in [9.17, 15) is 13.2 Å². The number of ether oxygens (including phenoxy) is 1. The Hall–Kier alpha value is -3.43. The molecule has 1 amide bonds. The van der Waals surface area contributed by atoms with Gasteiger partial charge in [-0.3, -0.25) is 14.8 Å². The minimum atomic E-state index is -3.82. The van der Waals surface area contributed by atoms with Crippen molar-refractivity contribution in [1.82, 2.24) is 4.98 Å². The first-order valence-corrected chi connectivity index (χ1v) is 12.5. The van der Waals surface area contributed by atoms with Crippen LogP contribution in [0.3, 0.4) is 0 Å². The van der Waals surface area contributed by atoms with E-state index in [1.165, 1.54) is 42.2 Å². The number of benzene rings is 3. The molecule has 0 unspecified atom stereocenters. The summed E-state index contributed by atoms with van der Waals surface area (Å²) in [7, 11) is -2.31. The molecule has 0 bridgehead atoms. The Labute approximate surface area is 196 Å². The van der Waals surface area contributed by atoms with Crippen LogP contribution in [0.5, 0.6) is 5.75 Å². The number of nitrogens with zero attached hydrogens (tertiary/aromatic N) is 1. The average molecular weight is 482 g/mol. The molecule has 33 heavy (non-hydrogen) atoms. The van der Waals surface area contributed by atoms with Crippen LogP contribution in [0, 0.1) is 0 Å². The summed E-state index contributed by atoms with van der Waals surface area (Å²) in [5.41, 5.74) is 2.62. The quantitative estimate of drug-likeness (QED) is 0.364. The molecule has 3 aromatic carbocycles. The molecular formula is C24H23N3O4S2. The van der Waals surface area contributed by atoms with Crippen molar-refractivity contribution < 1.29 is 17.9 Å². The molecule has 0 spiro atoms. The highest BCUT2D eigenvalue weighted by Gasteiger charge is 2.16. The van der Waals surface area contributed by atoms with Crippen LogP contribution in [0.2, 0.25) is 0 Å². The number of methoxy groups -OCH3 is 1. The molecule has 0 aliphatic carbocycles. The zero-order chi connectivity index (χ0) is 23.6. The number of thiazole rings is 1. The highest BCUT2D eigenvalue weighted by atomic mass is 32.2. The van der Waals surface area contributed by atoms with E-state index in [0.29, 0.717) is 22.4 Å². The van der Waals surface area contributed by atoms with Gasteiger partial charge in [0.1, 0.15) is 5.75 Å². The zero-order valence-corrected chi connectivity index (χ0v) is 20.0. The van der Waals surface area contributed by atoms with E-state index in [2.05, 4.69) is 34.9 Å². The topological polar surface area (TPSA) is 97.4 Å². The summed E-state index contributed by atoms with van der Waals surface area (Å²) in [5, 5.41) is 3.29. The number of aromatic nitrogens is 1. The van der Waals surface area contributed by atoms with Crippen molar-refractivity contribution in [2.75, 3.05) is 17.1 Å². The Morgan fingerprint density at radius 1 is 1.03 bits per heavy atom. The van der Waals surface area contributed by atoms with Crippen molar-refractivity contribution in [3.05, 3.63) is 77.9 Å². The summed E-state index contributed by atoms with van der Waals surface area (Å²) in [6.45, 7) is 4.25. The van der Waals surface area contributed by atoms with E-state index in [1.54, 1.807) is 30.3 Å². The first kappa shape index (κ1) is 22.8. The van der Waals surface area contributed by atoms with Gasteiger partial charge in [-0.2, -0.15) is 0 Å². The number of carbonyl (C=O) groups is 1. The lowest BCUT2D eigenvalue weighted by atomic mass is 10.0. The number of hydrogen-bond donors (Lipinski definition) is 2. The van der Waals surface area contributed by atoms with Gasteiger partial charge in [0, 0.05) is 11.3 Å². The van der Waals surface area contributed by atoms with Crippen LogP contribution in [-0.2, 0) is 10.0 Å². The monoisotopic (exact) mass is 481 g/mol. The molecule has 1 aromatic heterocycles. The van der Waals surface area contributed by atoms with E-state index in [4.69, 9.17) is 4.74 Å². The Balaban J connectivity index is 1.51. The van der Waals surface area contributed by atoms with Gasteiger partial charge in [-0.25, -0.2) is 13.4 Å². The van der Waals surface area contributed by atoms with E-state index in [0.717, 1.165) is 10.2 Å². The van der Waals surface area contributed by atoms with Gasteiger partial charge in [0.2, 0.25) is 0 Å². The fraction of sp³-hybridized carbons (Fsp3) is 0.167. The van der Waals surface area contributed by atoms with Gasteiger partial charge in [-0.1, -0.05) is 37.3 Å². The number of sulfonamides is 1. The maximum Gasteiger partial charge on any atom is 0.261 e. The lowest BCUT2D eigenvalue weighted by Crippen LogP contribution is -2.15. The standard InChI is InChI=1S/C24H23N3O4S2/c1-15(2)16-7-12-21-22(14-16)32-24(25-21)26-23(28)17-5-4-6-18(13-17)27-33(29,30)20-10-8-19(31-3)9-11-20/h4-15,27H,1-3H3,(H,25,26,28). The molecule has 170 valence electrons. The minimum Gasteiger partial charge on any atom is -0.497 e. The third kappa shape index (κ3) is 5.15. The normalized spacial score (nSPS) is 11.5. The molecule has 0 aliphatic rings. The first-order valence-electron chi connectivity index (χ1n) is 10.2. The van der Waals surface area contributed by atoms with Crippen molar-refractivity contribution in [2.24, 2.45) is 0 Å². The highest BCUT2D eigenvalue weighted by Crippen LogP contribution is 2.29. The van der Waals surface area contributed by atoms with Gasteiger partial charge in [0.15, 0.2) is 5.13 Å². The molecule has 0 fully saturated rings. The number of anilines is 2. The van der Waals surface area contributed by atoms with Crippen LogP contribution < -0.4 is 14.8 Å². The van der Waals surface area contributed by atoms with Crippen molar-refractivity contribution in [2.45, 2.75) is 24.7 Å². The molecule has 0 aliphatic heterocycles. The van der Waals surface area contributed by atoms with Gasteiger partial charge in [0.05, 0.1) is 22.2 Å².